The smallest absolute Gasteiger partial charge is 0.309 e. The Hall–Kier alpha value is -2.03. The summed E-state index contributed by atoms with van der Waals surface area (Å²) in [4.78, 5) is 11.9. The molecule has 0 heterocycles. The molecule has 0 spiro atoms. The average molecular weight is 300 g/mol. The molecule has 1 aromatic rings. The van der Waals surface area contributed by atoms with Crippen molar-refractivity contribution in [3.8, 4) is 5.75 Å². The monoisotopic (exact) mass is 300 g/mol. The lowest BCUT2D eigenvalue weighted by atomic mass is 9.89. The van der Waals surface area contributed by atoms with Crippen LogP contribution in [0.15, 0.2) is 42.0 Å². The van der Waals surface area contributed by atoms with E-state index in [9.17, 15) is 4.79 Å². The highest BCUT2D eigenvalue weighted by atomic mass is 16.5. The Morgan fingerprint density at radius 3 is 2.86 bits per heavy atom. The highest BCUT2D eigenvalue weighted by molar-refractivity contribution is 5.74. The molecule has 1 aliphatic rings. The van der Waals surface area contributed by atoms with Crippen LogP contribution in [0.5, 0.6) is 5.75 Å². The van der Waals surface area contributed by atoms with Gasteiger partial charge in [-0.3, -0.25) is 4.79 Å². The average Bonchev–Trinajstić information content (AvgIpc) is 2.49. The molecule has 1 aromatic carbocycles. The van der Waals surface area contributed by atoms with Crippen LogP contribution in [-0.4, -0.2) is 18.7 Å². The zero-order valence-corrected chi connectivity index (χ0v) is 13.5. The van der Waals surface area contributed by atoms with Crippen molar-refractivity contribution in [3.63, 3.8) is 0 Å². The highest BCUT2D eigenvalue weighted by Gasteiger charge is 2.22. The van der Waals surface area contributed by atoms with Crippen LogP contribution in [0.1, 0.15) is 39.2 Å². The van der Waals surface area contributed by atoms with E-state index in [2.05, 4.69) is 12.2 Å². The second kappa shape index (κ2) is 7.83. The minimum Gasteiger partial charge on any atom is -0.490 e. The van der Waals surface area contributed by atoms with Gasteiger partial charge in [0.05, 0.1) is 18.6 Å². The van der Waals surface area contributed by atoms with E-state index in [0.717, 1.165) is 23.3 Å². The second-order valence-corrected chi connectivity index (χ2v) is 5.71. The SMILES string of the molecule is CCOC(=O)C1CC=C/C(=C\c2ccccc2OC(C)C)C1. The molecule has 3 nitrogen and oxygen atoms in total. The zero-order valence-electron chi connectivity index (χ0n) is 13.5. The third-order valence-electron chi connectivity index (χ3n) is 3.48. The Labute approximate surface area is 132 Å². The first-order valence-electron chi connectivity index (χ1n) is 7.89. The van der Waals surface area contributed by atoms with Crippen LogP contribution in [-0.2, 0) is 9.53 Å². The fourth-order valence-corrected chi connectivity index (χ4v) is 2.53. The lowest BCUT2D eigenvalue weighted by molar-refractivity contribution is -0.147. The summed E-state index contributed by atoms with van der Waals surface area (Å²) in [5.74, 6) is 0.690. The number of carbonyl (C=O) groups is 1. The van der Waals surface area contributed by atoms with Crippen molar-refractivity contribution in [1.29, 1.82) is 0 Å². The third kappa shape index (κ3) is 4.48. The molecule has 2 rings (SSSR count). The number of allylic oxidation sites excluding steroid dienone is 3. The molecule has 0 aliphatic heterocycles. The van der Waals surface area contributed by atoms with Gasteiger partial charge in [0.2, 0.25) is 0 Å². The maximum atomic E-state index is 11.9. The summed E-state index contributed by atoms with van der Waals surface area (Å²) < 4.78 is 11.0. The fourth-order valence-electron chi connectivity index (χ4n) is 2.53. The maximum Gasteiger partial charge on any atom is 0.309 e. The van der Waals surface area contributed by atoms with E-state index in [0.29, 0.717) is 13.0 Å². The summed E-state index contributed by atoms with van der Waals surface area (Å²) in [5, 5.41) is 0. The minimum atomic E-state index is -0.107. The van der Waals surface area contributed by atoms with Crippen molar-refractivity contribution in [2.24, 2.45) is 5.92 Å². The molecule has 0 bridgehead atoms. The number of carbonyl (C=O) groups excluding carboxylic acids is 1. The Morgan fingerprint density at radius 2 is 2.14 bits per heavy atom. The zero-order chi connectivity index (χ0) is 15.9. The molecule has 0 amide bonds. The van der Waals surface area contributed by atoms with E-state index < -0.39 is 0 Å². The lowest BCUT2D eigenvalue weighted by Gasteiger charge is -2.19. The first-order valence-corrected chi connectivity index (χ1v) is 7.89. The fraction of sp³-hybridized carbons (Fsp3) is 0.421. The van der Waals surface area contributed by atoms with Crippen LogP contribution in [0.4, 0.5) is 0 Å². The molecule has 1 aliphatic carbocycles. The van der Waals surface area contributed by atoms with Crippen LogP contribution in [0, 0.1) is 5.92 Å². The standard InChI is InChI=1S/C19H24O3/c1-4-21-19(20)17-10-7-8-15(13-17)12-16-9-5-6-11-18(16)22-14(2)3/h5-9,11-12,14,17H,4,10,13H2,1-3H3/b15-12+. The summed E-state index contributed by atoms with van der Waals surface area (Å²) in [7, 11) is 0. The normalized spacial score (nSPS) is 19.5. The van der Waals surface area contributed by atoms with Gasteiger partial charge in [0.1, 0.15) is 5.75 Å². The van der Waals surface area contributed by atoms with E-state index >= 15 is 0 Å². The van der Waals surface area contributed by atoms with Crippen molar-refractivity contribution in [2.45, 2.75) is 39.7 Å². The van der Waals surface area contributed by atoms with Crippen LogP contribution < -0.4 is 4.74 Å². The Bertz CT molecular complexity index is 570. The molecule has 0 radical (unpaired) electrons. The van der Waals surface area contributed by atoms with Crippen molar-refractivity contribution < 1.29 is 14.3 Å². The van der Waals surface area contributed by atoms with Gasteiger partial charge in [0.25, 0.3) is 0 Å². The van der Waals surface area contributed by atoms with Gasteiger partial charge >= 0.3 is 5.97 Å². The first kappa shape index (κ1) is 16.3. The molecule has 0 fully saturated rings. The van der Waals surface area contributed by atoms with Gasteiger partial charge in [0, 0.05) is 5.56 Å². The Balaban J connectivity index is 2.17. The van der Waals surface area contributed by atoms with Gasteiger partial charge in [-0.15, -0.1) is 0 Å². The van der Waals surface area contributed by atoms with E-state index in [4.69, 9.17) is 9.47 Å². The van der Waals surface area contributed by atoms with Crippen LogP contribution >= 0.6 is 0 Å². The quantitative estimate of drug-likeness (QED) is 0.757. The van der Waals surface area contributed by atoms with Gasteiger partial charge in [-0.2, -0.15) is 0 Å². The minimum absolute atomic E-state index is 0.0746. The van der Waals surface area contributed by atoms with Gasteiger partial charge in [-0.1, -0.05) is 30.4 Å². The van der Waals surface area contributed by atoms with E-state index in [-0.39, 0.29) is 18.0 Å². The van der Waals surface area contributed by atoms with Crippen LogP contribution in [0.2, 0.25) is 0 Å². The number of ether oxygens (including phenoxy) is 2. The molecule has 0 aromatic heterocycles. The molecular weight excluding hydrogens is 276 g/mol. The van der Waals surface area contributed by atoms with Crippen molar-refractivity contribution in [3.05, 3.63) is 47.6 Å². The molecule has 1 unspecified atom stereocenters. The van der Waals surface area contributed by atoms with E-state index in [1.54, 1.807) is 0 Å². The molecule has 3 heteroatoms. The number of para-hydroxylation sites is 1. The molecule has 118 valence electrons. The summed E-state index contributed by atoms with van der Waals surface area (Å²) >= 11 is 0. The lowest BCUT2D eigenvalue weighted by Crippen LogP contribution is -2.19. The Morgan fingerprint density at radius 1 is 1.36 bits per heavy atom. The third-order valence-corrected chi connectivity index (χ3v) is 3.48. The van der Waals surface area contributed by atoms with Gasteiger partial charge < -0.3 is 9.47 Å². The second-order valence-electron chi connectivity index (χ2n) is 5.71. The molecule has 0 N–H and O–H groups in total. The number of rotatable bonds is 5. The van der Waals surface area contributed by atoms with Gasteiger partial charge in [-0.25, -0.2) is 0 Å². The molecular formula is C19H24O3. The molecule has 1 atom stereocenters. The van der Waals surface area contributed by atoms with Gasteiger partial charge in [-0.05, 0) is 51.3 Å². The predicted octanol–water partition coefficient (Wildman–Crippen LogP) is 4.39. The van der Waals surface area contributed by atoms with Crippen molar-refractivity contribution in [1.82, 2.24) is 0 Å². The number of esters is 1. The van der Waals surface area contributed by atoms with E-state index in [1.165, 1.54) is 0 Å². The molecule has 0 saturated heterocycles. The molecule has 22 heavy (non-hydrogen) atoms. The van der Waals surface area contributed by atoms with E-state index in [1.807, 2.05) is 51.1 Å². The predicted molar refractivity (Wildman–Crippen MR) is 88.7 cm³/mol. The molecule has 0 saturated carbocycles. The number of benzene rings is 1. The number of hydrogen-bond donors (Lipinski definition) is 0. The largest absolute Gasteiger partial charge is 0.490 e. The summed E-state index contributed by atoms with van der Waals surface area (Å²) in [6, 6.07) is 7.97. The van der Waals surface area contributed by atoms with Crippen molar-refractivity contribution in [2.75, 3.05) is 6.61 Å². The maximum absolute atomic E-state index is 11.9. The topological polar surface area (TPSA) is 35.5 Å². The van der Waals surface area contributed by atoms with Gasteiger partial charge in [0.15, 0.2) is 0 Å². The number of hydrogen-bond acceptors (Lipinski definition) is 3. The van der Waals surface area contributed by atoms with Crippen LogP contribution in [0.3, 0.4) is 0 Å². The summed E-state index contributed by atoms with van der Waals surface area (Å²) in [5.41, 5.74) is 2.17. The summed E-state index contributed by atoms with van der Waals surface area (Å²) in [6.07, 6.45) is 7.82. The van der Waals surface area contributed by atoms with Crippen LogP contribution in [0.25, 0.3) is 6.08 Å². The Kier molecular flexibility index (Phi) is 5.82. The summed E-state index contributed by atoms with van der Waals surface area (Å²) in [6.45, 7) is 6.30. The highest BCUT2D eigenvalue weighted by Crippen LogP contribution is 2.28. The van der Waals surface area contributed by atoms with Crippen molar-refractivity contribution >= 4 is 12.0 Å². The first-order chi connectivity index (χ1) is 10.6.